The summed E-state index contributed by atoms with van der Waals surface area (Å²) in [6, 6.07) is 0. The zero-order valence-electron chi connectivity index (χ0n) is 10.9. The predicted octanol–water partition coefficient (Wildman–Crippen LogP) is 1.13. The van der Waals surface area contributed by atoms with Crippen LogP contribution in [0.5, 0.6) is 0 Å². The van der Waals surface area contributed by atoms with E-state index < -0.39 is 11.4 Å². The van der Waals surface area contributed by atoms with Crippen molar-refractivity contribution in [2.75, 3.05) is 26.3 Å². The summed E-state index contributed by atoms with van der Waals surface area (Å²) in [5.41, 5.74) is -0.659. The van der Waals surface area contributed by atoms with Crippen molar-refractivity contribution in [1.29, 1.82) is 0 Å². The maximum atomic E-state index is 12.1. The molecule has 2 rings (SSSR count). The monoisotopic (exact) mass is 255 g/mol. The van der Waals surface area contributed by atoms with Crippen molar-refractivity contribution >= 4 is 11.9 Å². The number of amides is 1. The molecule has 0 aliphatic carbocycles. The van der Waals surface area contributed by atoms with E-state index in [-0.39, 0.29) is 5.91 Å². The fourth-order valence-electron chi connectivity index (χ4n) is 2.58. The van der Waals surface area contributed by atoms with E-state index in [1.807, 2.05) is 4.90 Å². The van der Waals surface area contributed by atoms with Gasteiger partial charge in [-0.1, -0.05) is 0 Å². The van der Waals surface area contributed by atoms with Gasteiger partial charge in [0.15, 0.2) is 0 Å². The molecule has 0 aromatic heterocycles. The summed E-state index contributed by atoms with van der Waals surface area (Å²) in [6.07, 6.45) is 2.61. The van der Waals surface area contributed by atoms with Crippen molar-refractivity contribution in [1.82, 2.24) is 4.90 Å². The second-order valence-corrected chi connectivity index (χ2v) is 5.68. The SMILES string of the molecule is CC1(C(=O)O)CCN(C(=O)C[C@H]2CCOC2)CC1. The molecule has 0 unspecified atom stereocenters. The quantitative estimate of drug-likeness (QED) is 0.821. The Morgan fingerprint density at radius 3 is 2.56 bits per heavy atom. The molecule has 2 saturated heterocycles. The molecule has 1 atom stereocenters. The summed E-state index contributed by atoms with van der Waals surface area (Å²) in [5.74, 6) is -0.248. The third-order valence-electron chi connectivity index (χ3n) is 4.22. The van der Waals surface area contributed by atoms with Crippen LogP contribution in [0.15, 0.2) is 0 Å². The lowest BCUT2D eigenvalue weighted by Gasteiger charge is -2.36. The smallest absolute Gasteiger partial charge is 0.309 e. The van der Waals surface area contributed by atoms with Crippen LogP contribution in [0.1, 0.15) is 32.6 Å². The summed E-state index contributed by atoms with van der Waals surface area (Å²) < 4.78 is 5.26. The number of rotatable bonds is 3. The number of carbonyl (C=O) groups excluding carboxylic acids is 1. The number of carboxylic acid groups (broad SMARTS) is 1. The van der Waals surface area contributed by atoms with E-state index in [2.05, 4.69) is 0 Å². The Labute approximate surface area is 107 Å². The minimum atomic E-state index is -0.751. The molecule has 0 aromatic rings. The van der Waals surface area contributed by atoms with E-state index >= 15 is 0 Å². The second kappa shape index (κ2) is 5.26. The van der Waals surface area contributed by atoms with Crippen LogP contribution in [0.25, 0.3) is 0 Å². The van der Waals surface area contributed by atoms with Gasteiger partial charge in [-0.3, -0.25) is 9.59 Å². The maximum Gasteiger partial charge on any atom is 0.309 e. The summed E-state index contributed by atoms with van der Waals surface area (Å²) >= 11 is 0. The predicted molar refractivity (Wildman–Crippen MR) is 65.1 cm³/mol. The molecule has 0 saturated carbocycles. The van der Waals surface area contributed by atoms with E-state index in [9.17, 15) is 9.59 Å². The Kier molecular flexibility index (Phi) is 3.90. The van der Waals surface area contributed by atoms with Gasteiger partial charge in [0.05, 0.1) is 5.41 Å². The van der Waals surface area contributed by atoms with E-state index in [1.54, 1.807) is 6.92 Å². The third kappa shape index (κ3) is 2.83. The van der Waals surface area contributed by atoms with Gasteiger partial charge in [0.25, 0.3) is 0 Å². The van der Waals surface area contributed by atoms with Crippen molar-refractivity contribution < 1.29 is 19.4 Å². The van der Waals surface area contributed by atoms with E-state index in [4.69, 9.17) is 9.84 Å². The molecule has 2 fully saturated rings. The molecule has 0 spiro atoms. The summed E-state index contributed by atoms with van der Waals surface area (Å²) in [7, 11) is 0. The minimum Gasteiger partial charge on any atom is -0.481 e. The Morgan fingerprint density at radius 2 is 2.06 bits per heavy atom. The Morgan fingerprint density at radius 1 is 1.39 bits per heavy atom. The first-order valence-corrected chi connectivity index (χ1v) is 6.60. The zero-order chi connectivity index (χ0) is 13.2. The first kappa shape index (κ1) is 13.3. The molecule has 5 nitrogen and oxygen atoms in total. The number of ether oxygens (including phenoxy) is 1. The highest BCUT2D eigenvalue weighted by Crippen LogP contribution is 2.31. The van der Waals surface area contributed by atoms with Gasteiger partial charge in [-0.2, -0.15) is 0 Å². The molecule has 2 heterocycles. The summed E-state index contributed by atoms with van der Waals surface area (Å²) in [5, 5.41) is 9.13. The number of carbonyl (C=O) groups is 2. The van der Waals surface area contributed by atoms with Crippen molar-refractivity contribution in [2.24, 2.45) is 11.3 Å². The van der Waals surface area contributed by atoms with Gasteiger partial charge >= 0.3 is 5.97 Å². The van der Waals surface area contributed by atoms with Gasteiger partial charge in [-0.15, -0.1) is 0 Å². The molecule has 18 heavy (non-hydrogen) atoms. The largest absolute Gasteiger partial charge is 0.481 e. The van der Waals surface area contributed by atoms with Crippen LogP contribution in [0.2, 0.25) is 0 Å². The number of hydrogen-bond acceptors (Lipinski definition) is 3. The van der Waals surface area contributed by atoms with Crippen LogP contribution in [0.3, 0.4) is 0 Å². The lowest BCUT2D eigenvalue weighted by molar-refractivity contribution is -0.153. The normalized spacial score (nSPS) is 27.2. The number of carboxylic acids is 1. The molecule has 0 bridgehead atoms. The average Bonchev–Trinajstić information content (AvgIpc) is 2.82. The van der Waals surface area contributed by atoms with Crippen molar-refractivity contribution in [3.05, 3.63) is 0 Å². The van der Waals surface area contributed by atoms with Gasteiger partial charge in [-0.25, -0.2) is 0 Å². The Hall–Kier alpha value is -1.10. The molecular weight excluding hydrogens is 234 g/mol. The average molecular weight is 255 g/mol. The first-order chi connectivity index (χ1) is 8.51. The van der Waals surface area contributed by atoms with E-state index in [0.29, 0.717) is 44.9 Å². The molecule has 1 amide bonds. The van der Waals surface area contributed by atoms with Crippen LogP contribution < -0.4 is 0 Å². The fourth-order valence-corrected chi connectivity index (χ4v) is 2.58. The first-order valence-electron chi connectivity index (χ1n) is 6.60. The third-order valence-corrected chi connectivity index (χ3v) is 4.22. The van der Waals surface area contributed by atoms with Gasteiger partial charge < -0.3 is 14.7 Å². The van der Waals surface area contributed by atoms with E-state index in [1.165, 1.54) is 0 Å². The van der Waals surface area contributed by atoms with Gasteiger partial charge in [0.2, 0.25) is 5.91 Å². The highest BCUT2D eigenvalue weighted by Gasteiger charge is 2.38. The van der Waals surface area contributed by atoms with Crippen LogP contribution in [0.4, 0.5) is 0 Å². The molecule has 1 N–H and O–H groups in total. The summed E-state index contributed by atoms with van der Waals surface area (Å²) in [4.78, 5) is 25.0. The molecule has 2 aliphatic rings. The highest BCUT2D eigenvalue weighted by atomic mass is 16.5. The molecule has 102 valence electrons. The number of piperidine rings is 1. The van der Waals surface area contributed by atoms with Gasteiger partial charge in [-0.05, 0) is 32.1 Å². The minimum absolute atomic E-state index is 0.151. The topological polar surface area (TPSA) is 66.8 Å². The van der Waals surface area contributed by atoms with Crippen LogP contribution in [-0.4, -0.2) is 48.2 Å². The second-order valence-electron chi connectivity index (χ2n) is 5.68. The van der Waals surface area contributed by atoms with Crippen LogP contribution in [-0.2, 0) is 14.3 Å². The van der Waals surface area contributed by atoms with Crippen molar-refractivity contribution in [3.63, 3.8) is 0 Å². The molecule has 0 radical (unpaired) electrons. The van der Waals surface area contributed by atoms with Gasteiger partial charge in [0, 0.05) is 32.7 Å². The summed E-state index contributed by atoms with van der Waals surface area (Å²) in [6.45, 7) is 4.34. The van der Waals surface area contributed by atoms with Crippen LogP contribution in [0, 0.1) is 11.3 Å². The maximum absolute atomic E-state index is 12.1. The number of likely N-dealkylation sites (tertiary alicyclic amines) is 1. The van der Waals surface area contributed by atoms with E-state index in [0.717, 1.165) is 13.0 Å². The van der Waals surface area contributed by atoms with Crippen molar-refractivity contribution in [3.8, 4) is 0 Å². The number of nitrogens with zero attached hydrogens (tertiary/aromatic N) is 1. The zero-order valence-corrected chi connectivity index (χ0v) is 10.9. The number of hydrogen-bond donors (Lipinski definition) is 1. The van der Waals surface area contributed by atoms with Crippen LogP contribution >= 0.6 is 0 Å². The molecular formula is C13H21NO4. The molecule has 0 aromatic carbocycles. The lowest BCUT2D eigenvalue weighted by Crippen LogP contribution is -2.45. The Balaban J connectivity index is 1.81. The van der Waals surface area contributed by atoms with Gasteiger partial charge in [0.1, 0.15) is 0 Å². The number of aliphatic carboxylic acids is 1. The molecule has 5 heteroatoms. The standard InChI is InChI=1S/C13H21NO4/c1-13(12(16)17)3-5-14(6-4-13)11(15)8-10-2-7-18-9-10/h10H,2-9H2,1H3,(H,16,17)/t10-/m1/s1. The Bertz CT molecular complexity index is 328. The lowest BCUT2D eigenvalue weighted by atomic mass is 9.80. The highest BCUT2D eigenvalue weighted by molar-refractivity contribution is 5.78. The van der Waals surface area contributed by atoms with Crippen molar-refractivity contribution in [2.45, 2.75) is 32.6 Å². The molecule has 2 aliphatic heterocycles. The fraction of sp³-hybridized carbons (Fsp3) is 0.846.